The van der Waals surface area contributed by atoms with E-state index >= 15 is 0 Å². The van der Waals surface area contributed by atoms with E-state index in [-0.39, 0.29) is 12.2 Å². The van der Waals surface area contributed by atoms with Gasteiger partial charge in [0.15, 0.2) is 0 Å². The summed E-state index contributed by atoms with van der Waals surface area (Å²) in [7, 11) is 0. The Morgan fingerprint density at radius 3 is 2.58 bits per heavy atom. The SMILES string of the molecule is Fc1ccc(F)c(COc2ccc(CBr)cc2Cl)c1. The molecule has 2 rings (SSSR count). The highest BCUT2D eigenvalue weighted by Gasteiger charge is 2.07. The standard InChI is InChI=1S/C14H10BrClF2O/c15-7-9-1-4-14(12(16)5-9)19-8-10-6-11(17)2-3-13(10)18/h1-6H,7-8H2. The van der Waals surface area contributed by atoms with Gasteiger partial charge in [-0.1, -0.05) is 33.6 Å². The van der Waals surface area contributed by atoms with E-state index in [1.54, 1.807) is 12.1 Å². The monoisotopic (exact) mass is 346 g/mol. The highest BCUT2D eigenvalue weighted by atomic mass is 79.9. The van der Waals surface area contributed by atoms with Gasteiger partial charge in [0.25, 0.3) is 0 Å². The van der Waals surface area contributed by atoms with Crippen LogP contribution in [0.25, 0.3) is 0 Å². The highest BCUT2D eigenvalue weighted by Crippen LogP contribution is 2.27. The Morgan fingerprint density at radius 2 is 1.89 bits per heavy atom. The van der Waals surface area contributed by atoms with Gasteiger partial charge in [-0.2, -0.15) is 0 Å². The molecule has 0 atom stereocenters. The van der Waals surface area contributed by atoms with Gasteiger partial charge in [0, 0.05) is 10.9 Å². The van der Waals surface area contributed by atoms with Crippen LogP contribution in [0.1, 0.15) is 11.1 Å². The van der Waals surface area contributed by atoms with Crippen LogP contribution < -0.4 is 4.74 Å². The lowest BCUT2D eigenvalue weighted by Crippen LogP contribution is -2.00. The Bertz CT molecular complexity index is 590. The lowest BCUT2D eigenvalue weighted by atomic mass is 10.2. The van der Waals surface area contributed by atoms with E-state index in [4.69, 9.17) is 16.3 Å². The Morgan fingerprint density at radius 1 is 1.11 bits per heavy atom. The maximum atomic E-state index is 13.4. The first-order valence-electron chi connectivity index (χ1n) is 5.51. The van der Waals surface area contributed by atoms with Gasteiger partial charge in [-0.05, 0) is 35.9 Å². The molecule has 0 radical (unpaired) electrons. The third-order valence-electron chi connectivity index (χ3n) is 2.54. The molecule has 0 spiro atoms. The third-order valence-corrected chi connectivity index (χ3v) is 3.48. The van der Waals surface area contributed by atoms with Crippen LogP contribution in [0.3, 0.4) is 0 Å². The summed E-state index contributed by atoms with van der Waals surface area (Å²) in [6.45, 7) is -0.0724. The topological polar surface area (TPSA) is 9.23 Å². The highest BCUT2D eigenvalue weighted by molar-refractivity contribution is 9.08. The molecule has 0 saturated carbocycles. The lowest BCUT2D eigenvalue weighted by Gasteiger charge is -2.09. The van der Waals surface area contributed by atoms with E-state index in [9.17, 15) is 8.78 Å². The number of alkyl halides is 1. The fourth-order valence-electron chi connectivity index (χ4n) is 1.55. The van der Waals surface area contributed by atoms with Gasteiger partial charge in [-0.25, -0.2) is 8.78 Å². The van der Waals surface area contributed by atoms with Crippen molar-refractivity contribution in [1.82, 2.24) is 0 Å². The van der Waals surface area contributed by atoms with E-state index in [1.807, 2.05) is 6.07 Å². The van der Waals surface area contributed by atoms with E-state index in [0.29, 0.717) is 16.1 Å². The smallest absolute Gasteiger partial charge is 0.138 e. The van der Waals surface area contributed by atoms with Crippen LogP contribution >= 0.6 is 27.5 Å². The first-order valence-corrected chi connectivity index (χ1v) is 7.01. The van der Waals surface area contributed by atoms with Crippen molar-refractivity contribution in [3.05, 3.63) is 64.2 Å². The molecule has 2 aromatic carbocycles. The molecule has 19 heavy (non-hydrogen) atoms. The van der Waals surface area contributed by atoms with Crippen LogP contribution in [0.15, 0.2) is 36.4 Å². The van der Waals surface area contributed by atoms with Gasteiger partial charge >= 0.3 is 0 Å². The van der Waals surface area contributed by atoms with Crippen molar-refractivity contribution < 1.29 is 13.5 Å². The lowest BCUT2D eigenvalue weighted by molar-refractivity contribution is 0.299. The normalized spacial score (nSPS) is 10.5. The van der Waals surface area contributed by atoms with Gasteiger partial charge in [0.2, 0.25) is 0 Å². The molecule has 0 unspecified atom stereocenters. The summed E-state index contributed by atoms with van der Waals surface area (Å²) < 4.78 is 31.8. The van der Waals surface area contributed by atoms with Gasteiger partial charge < -0.3 is 4.74 Å². The number of halogens is 4. The van der Waals surface area contributed by atoms with Crippen molar-refractivity contribution in [2.75, 3.05) is 0 Å². The molecule has 0 heterocycles. The van der Waals surface area contributed by atoms with Crippen LogP contribution in [0.5, 0.6) is 5.75 Å². The maximum Gasteiger partial charge on any atom is 0.138 e. The van der Waals surface area contributed by atoms with Crippen molar-refractivity contribution in [3.8, 4) is 5.75 Å². The second kappa shape index (κ2) is 6.35. The molecule has 0 saturated heterocycles. The van der Waals surface area contributed by atoms with Crippen molar-refractivity contribution in [3.63, 3.8) is 0 Å². The number of ether oxygens (including phenoxy) is 1. The quantitative estimate of drug-likeness (QED) is 0.700. The summed E-state index contributed by atoms with van der Waals surface area (Å²) in [6, 6.07) is 8.55. The zero-order valence-corrected chi connectivity index (χ0v) is 12.1. The van der Waals surface area contributed by atoms with Gasteiger partial charge in [-0.3, -0.25) is 0 Å². The van der Waals surface area contributed by atoms with E-state index < -0.39 is 11.6 Å². The molecule has 0 bridgehead atoms. The zero-order chi connectivity index (χ0) is 13.8. The first kappa shape index (κ1) is 14.3. The molecular weight excluding hydrogens is 338 g/mol. The summed E-state index contributed by atoms with van der Waals surface area (Å²) in [6.07, 6.45) is 0. The average molecular weight is 348 g/mol. The van der Waals surface area contributed by atoms with Crippen LogP contribution in [-0.4, -0.2) is 0 Å². The molecule has 2 aromatic rings. The Kier molecular flexibility index (Phi) is 4.77. The minimum Gasteiger partial charge on any atom is -0.487 e. The molecule has 0 fully saturated rings. The average Bonchev–Trinajstić information content (AvgIpc) is 2.40. The van der Waals surface area contributed by atoms with Crippen LogP contribution in [0.4, 0.5) is 8.78 Å². The Hall–Kier alpha value is -1.13. The number of rotatable bonds is 4. The van der Waals surface area contributed by atoms with Crippen molar-refractivity contribution in [1.29, 1.82) is 0 Å². The van der Waals surface area contributed by atoms with Gasteiger partial charge in [-0.15, -0.1) is 0 Å². The summed E-state index contributed by atoms with van der Waals surface area (Å²) in [5.74, 6) is -0.564. The molecule has 0 aliphatic heterocycles. The molecule has 0 aromatic heterocycles. The predicted molar refractivity (Wildman–Crippen MR) is 74.8 cm³/mol. The zero-order valence-electron chi connectivity index (χ0n) is 9.80. The molecule has 5 heteroatoms. The number of hydrogen-bond acceptors (Lipinski definition) is 1. The molecule has 0 aliphatic carbocycles. The second-order valence-corrected chi connectivity index (χ2v) is 4.89. The number of hydrogen-bond donors (Lipinski definition) is 0. The summed E-state index contributed by atoms with van der Waals surface area (Å²) in [5, 5.41) is 1.12. The van der Waals surface area contributed by atoms with Gasteiger partial charge in [0.05, 0.1) is 5.02 Å². The summed E-state index contributed by atoms with van der Waals surface area (Å²) in [5.41, 5.74) is 1.16. The summed E-state index contributed by atoms with van der Waals surface area (Å²) in [4.78, 5) is 0. The van der Waals surface area contributed by atoms with Crippen molar-refractivity contribution >= 4 is 27.5 Å². The molecular formula is C14H10BrClF2O. The Labute approximate surface area is 123 Å². The van der Waals surface area contributed by atoms with Crippen LogP contribution in [0.2, 0.25) is 5.02 Å². The second-order valence-electron chi connectivity index (χ2n) is 3.92. The fraction of sp³-hybridized carbons (Fsp3) is 0.143. The largest absolute Gasteiger partial charge is 0.487 e. The van der Waals surface area contributed by atoms with E-state index in [2.05, 4.69) is 15.9 Å². The third kappa shape index (κ3) is 3.67. The van der Waals surface area contributed by atoms with Crippen LogP contribution in [-0.2, 0) is 11.9 Å². The molecule has 0 amide bonds. The fourth-order valence-corrected chi connectivity index (χ4v) is 2.16. The predicted octanol–water partition coefficient (Wildman–Crippen LogP) is 5.09. The van der Waals surface area contributed by atoms with Crippen molar-refractivity contribution in [2.45, 2.75) is 11.9 Å². The van der Waals surface area contributed by atoms with Crippen LogP contribution in [0, 0.1) is 11.6 Å². The van der Waals surface area contributed by atoms with E-state index in [0.717, 1.165) is 23.8 Å². The Balaban J connectivity index is 2.12. The minimum atomic E-state index is -0.505. The minimum absolute atomic E-state index is 0.0724. The summed E-state index contributed by atoms with van der Waals surface area (Å²) >= 11 is 9.35. The first-order chi connectivity index (χ1) is 9.10. The molecule has 100 valence electrons. The van der Waals surface area contributed by atoms with E-state index in [1.165, 1.54) is 0 Å². The number of benzene rings is 2. The molecule has 0 aliphatic rings. The van der Waals surface area contributed by atoms with Gasteiger partial charge in [0.1, 0.15) is 24.0 Å². The molecule has 1 nitrogen and oxygen atoms in total. The molecule has 0 N–H and O–H groups in total. The maximum absolute atomic E-state index is 13.4. The van der Waals surface area contributed by atoms with Crippen molar-refractivity contribution in [2.24, 2.45) is 0 Å².